The summed E-state index contributed by atoms with van der Waals surface area (Å²) >= 11 is 0. The molecule has 0 aliphatic carbocycles. The predicted molar refractivity (Wildman–Crippen MR) is 123 cm³/mol. The number of nitrogens with one attached hydrogen (secondary N) is 1. The van der Waals surface area contributed by atoms with E-state index in [4.69, 9.17) is 4.52 Å². The molecule has 2 N–H and O–H groups in total. The van der Waals surface area contributed by atoms with E-state index >= 15 is 0 Å². The Labute approximate surface area is 195 Å². The quantitative estimate of drug-likeness (QED) is 0.445. The van der Waals surface area contributed by atoms with Crippen LogP contribution in [0.3, 0.4) is 0 Å². The Hall–Kier alpha value is -4.12. The fourth-order valence-electron chi connectivity index (χ4n) is 3.88. The SMILES string of the molecule is CCn1cc(Nc2nccc(-c3cccc(-c4cc([C@]5(O)CCN(C)C5=O)on4)n3)n2)c(C)n1. The molecule has 174 valence electrons. The number of hydrogen-bond donors (Lipinski definition) is 2. The van der Waals surface area contributed by atoms with Gasteiger partial charge in [-0.05, 0) is 32.0 Å². The molecule has 0 spiro atoms. The summed E-state index contributed by atoms with van der Waals surface area (Å²) in [6.45, 7) is 5.16. The van der Waals surface area contributed by atoms with E-state index in [9.17, 15) is 9.90 Å². The van der Waals surface area contributed by atoms with Gasteiger partial charge in [-0.2, -0.15) is 5.10 Å². The molecule has 4 aromatic rings. The van der Waals surface area contributed by atoms with Crippen LogP contribution in [-0.2, 0) is 16.9 Å². The van der Waals surface area contributed by atoms with Crippen LogP contribution in [0.1, 0.15) is 24.8 Å². The van der Waals surface area contributed by atoms with Gasteiger partial charge in [0.2, 0.25) is 11.5 Å². The number of amides is 1. The second-order valence-electron chi connectivity index (χ2n) is 8.20. The summed E-state index contributed by atoms with van der Waals surface area (Å²) < 4.78 is 7.19. The van der Waals surface area contributed by atoms with E-state index in [1.165, 1.54) is 4.90 Å². The number of carbonyl (C=O) groups excluding carboxylic acids is 1. The monoisotopic (exact) mass is 460 g/mol. The molecule has 1 aliphatic rings. The Morgan fingerprint density at radius 1 is 1.18 bits per heavy atom. The first-order chi connectivity index (χ1) is 16.4. The third-order valence-corrected chi connectivity index (χ3v) is 5.87. The molecular weight excluding hydrogens is 436 g/mol. The lowest BCUT2D eigenvalue weighted by molar-refractivity contribution is -0.144. The summed E-state index contributed by atoms with van der Waals surface area (Å²) in [6, 6.07) is 8.77. The molecule has 1 saturated heterocycles. The number of pyridine rings is 1. The highest BCUT2D eigenvalue weighted by atomic mass is 16.5. The zero-order valence-corrected chi connectivity index (χ0v) is 19.1. The maximum Gasteiger partial charge on any atom is 0.262 e. The first-order valence-electron chi connectivity index (χ1n) is 10.9. The van der Waals surface area contributed by atoms with Crippen LogP contribution in [0.2, 0.25) is 0 Å². The Bertz CT molecular complexity index is 1360. The molecule has 1 fully saturated rings. The number of nitrogens with zero attached hydrogens (tertiary/aromatic N) is 7. The number of aryl methyl sites for hydroxylation is 2. The van der Waals surface area contributed by atoms with Gasteiger partial charge in [-0.25, -0.2) is 15.0 Å². The maximum absolute atomic E-state index is 12.4. The van der Waals surface area contributed by atoms with Crippen LogP contribution in [0.5, 0.6) is 0 Å². The molecule has 5 rings (SSSR count). The molecule has 34 heavy (non-hydrogen) atoms. The molecule has 0 unspecified atom stereocenters. The average molecular weight is 460 g/mol. The van der Waals surface area contributed by atoms with Crippen LogP contribution in [-0.4, -0.2) is 59.4 Å². The number of carbonyl (C=O) groups is 1. The molecule has 4 aromatic heterocycles. The Morgan fingerprint density at radius 2 is 1.94 bits per heavy atom. The largest absolute Gasteiger partial charge is 0.373 e. The van der Waals surface area contributed by atoms with E-state index < -0.39 is 11.5 Å². The van der Waals surface area contributed by atoms with Gasteiger partial charge in [0.05, 0.1) is 28.5 Å². The average Bonchev–Trinajstić information content (AvgIpc) is 3.55. The Kier molecular flexibility index (Phi) is 5.33. The fourth-order valence-corrected chi connectivity index (χ4v) is 3.88. The van der Waals surface area contributed by atoms with Crippen molar-refractivity contribution >= 4 is 17.5 Å². The normalized spacial score (nSPS) is 18.0. The highest BCUT2D eigenvalue weighted by Gasteiger charge is 2.48. The van der Waals surface area contributed by atoms with Gasteiger partial charge in [-0.3, -0.25) is 9.48 Å². The van der Waals surface area contributed by atoms with Crippen molar-refractivity contribution in [2.75, 3.05) is 18.9 Å². The Morgan fingerprint density at radius 3 is 2.65 bits per heavy atom. The van der Waals surface area contributed by atoms with Gasteiger partial charge in [-0.15, -0.1) is 0 Å². The summed E-state index contributed by atoms with van der Waals surface area (Å²) in [5.41, 5.74) is 2.17. The van der Waals surface area contributed by atoms with Crippen molar-refractivity contribution in [1.29, 1.82) is 0 Å². The number of likely N-dealkylation sites (N-methyl/N-ethyl adjacent to an activating group) is 1. The van der Waals surface area contributed by atoms with Crippen molar-refractivity contribution in [2.24, 2.45) is 0 Å². The minimum absolute atomic E-state index is 0.112. The first-order valence-corrected chi connectivity index (χ1v) is 10.9. The minimum atomic E-state index is -1.70. The summed E-state index contributed by atoms with van der Waals surface area (Å²) in [6.07, 6.45) is 3.81. The summed E-state index contributed by atoms with van der Waals surface area (Å²) in [5, 5.41) is 22.5. The van der Waals surface area contributed by atoms with Crippen molar-refractivity contribution in [2.45, 2.75) is 32.4 Å². The first kappa shape index (κ1) is 21.7. The molecule has 1 amide bonds. The van der Waals surface area contributed by atoms with Crippen LogP contribution < -0.4 is 5.32 Å². The van der Waals surface area contributed by atoms with Crippen molar-refractivity contribution in [3.8, 4) is 22.8 Å². The maximum atomic E-state index is 12.4. The summed E-state index contributed by atoms with van der Waals surface area (Å²) in [4.78, 5) is 27.4. The molecule has 0 aromatic carbocycles. The topological polar surface area (TPSA) is 135 Å². The number of aromatic nitrogens is 6. The van der Waals surface area contributed by atoms with Crippen molar-refractivity contribution in [3.05, 3.63) is 54.2 Å². The number of aliphatic hydroxyl groups is 1. The smallest absolute Gasteiger partial charge is 0.262 e. The van der Waals surface area contributed by atoms with E-state index in [0.717, 1.165) is 17.9 Å². The van der Waals surface area contributed by atoms with E-state index in [1.807, 2.05) is 36.9 Å². The molecule has 1 atom stereocenters. The predicted octanol–water partition coefficient (Wildman–Crippen LogP) is 2.51. The number of hydrogen-bond acceptors (Lipinski definition) is 9. The van der Waals surface area contributed by atoms with Crippen LogP contribution in [0, 0.1) is 6.92 Å². The van der Waals surface area contributed by atoms with Gasteiger partial charge in [0, 0.05) is 45.0 Å². The number of rotatable bonds is 6. The zero-order valence-electron chi connectivity index (χ0n) is 19.1. The molecule has 11 heteroatoms. The van der Waals surface area contributed by atoms with E-state index in [-0.39, 0.29) is 12.2 Å². The van der Waals surface area contributed by atoms with Crippen LogP contribution in [0.25, 0.3) is 22.8 Å². The van der Waals surface area contributed by atoms with Gasteiger partial charge in [0.1, 0.15) is 5.69 Å². The highest BCUT2D eigenvalue weighted by Crippen LogP contribution is 2.34. The standard InChI is InChI=1S/C23H24N8O3/c1-4-31-13-19(14(2)28-31)27-22-24-10-8-17(26-22)15-6-5-7-16(25-15)18-12-20(34-29-18)23(33)9-11-30(3)21(23)32/h5-8,10,12-13,33H,4,9,11H2,1-3H3,(H,24,26,27)/t23-/m1/s1. The number of anilines is 2. The molecule has 5 heterocycles. The van der Waals surface area contributed by atoms with Gasteiger partial charge in [0.15, 0.2) is 5.76 Å². The zero-order chi connectivity index (χ0) is 23.9. The third kappa shape index (κ3) is 3.79. The van der Waals surface area contributed by atoms with E-state index in [0.29, 0.717) is 35.3 Å². The van der Waals surface area contributed by atoms with E-state index in [1.54, 1.807) is 31.4 Å². The van der Waals surface area contributed by atoms with Crippen LogP contribution in [0.15, 0.2) is 47.2 Å². The second-order valence-corrected chi connectivity index (χ2v) is 8.20. The van der Waals surface area contributed by atoms with Crippen LogP contribution >= 0.6 is 0 Å². The van der Waals surface area contributed by atoms with Crippen molar-refractivity contribution < 1.29 is 14.4 Å². The molecule has 11 nitrogen and oxygen atoms in total. The van der Waals surface area contributed by atoms with E-state index in [2.05, 4.69) is 30.5 Å². The van der Waals surface area contributed by atoms with Crippen molar-refractivity contribution in [3.63, 3.8) is 0 Å². The second kappa shape index (κ2) is 8.34. The number of likely N-dealkylation sites (tertiary alicyclic amines) is 1. The lowest BCUT2D eigenvalue weighted by Crippen LogP contribution is -2.35. The van der Waals surface area contributed by atoms with Gasteiger partial charge < -0.3 is 19.8 Å². The fraction of sp³-hybridized carbons (Fsp3) is 0.304. The molecular formula is C23H24N8O3. The molecule has 0 radical (unpaired) electrons. The summed E-state index contributed by atoms with van der Waals surface area (Å²) in [7, 11) is 1.64. The molecule has 1 aliphatic heterocycles. The minimum Gasteiger partial charge on any atom is -0.373 e. The van der Waals surface area contributed by atoms with Crippen molar-refractivity contribution in [1.82, 2.24) is 34.8 Å². The van der Waals surface area contributed by atoms with Gasteiger partial charge in [0.25, 0.3) is 5.91 Å². The Balaban J connectivity index is 1.41. The summed E-state index contributed by atoms with van der Waals surface area (Å²) in [5.74, 6) is 0.136. The highest BCUT2D eigenvalue weighted by molar-refractivity contribution is 5.87. The molecule has 0 saturated carbocycles. The van der Waals surface area contributed by atoms with Gasteiger partial charge in [-0.1, -0.05) is 11.2 Å². The lowest BCUT2D eigenvalue weighted by Gasteiger charge is -2.16. The lowest BCUT2D eigenvalue weighted by atomic mass is 9.98. The molecule has 0 bridgehead atoms. The third-order valence-electron chi connectivity index (χ3n) is 5.87. The van der Waals surface area contributed by atoms with Gasteiger partial charge >= 0.3 is 0 Å². The van der Waals surface area contributed by atoms with Crippen LogP contribution in [0.4, 0.5) is 11.6 Å².